The summed E-state index contributed by atoms with van der Waals surface area (Å²) in [4.78, 5) is 12.4. The molecule has 3 aromatic rings. The highest BCUT2D eigenvalue weighted by molar-refractivity contribution is 6.02. The van der Waals surface area contributed by atoms with Crippen LogP contribution in [0.15, 0.2) is 54.7 Å². The van der Waals surface area contributed by atoms with Crippen LogP contribution in [0.3, 0.4) is 0 Å². The number of benzene rings is 2. The molecule has 2 N–H and O–H groups in total. The van der Waals surface area contributed by atoms with Gasteiger partial charge in [-0.15, -0.1) is 5.10 Å². The topological polar surface area (TPSA) is 81.1 Å². The summed E-state index contributed by atoms with van der Waals surface area (Å²) in [6, 6.07) is 13.3. The van der Waals surface area contributed by atoms with Crippen LogP contribution in [0.5, 0.6) is 0 Å². The zero-order valence-electron chi connectivity index (χ0n) is 14.4. The van der Waals surface area contributed by atoms with Crippen LogP contribution in [0.1, 0.15) is 22.2 Å². The Labute approximate surface area is 155 Å². The summed E-state index contributed by atoms with van der Waals surface area (Å²) in [5, 5.41) is 13.9. The van der Waals surface area contributed by atoms with Crippen LogP contribution in [-0.4, -0.2) is 40.6 Å². The molecule has 0 aliphatic carbocycles. The largest absolute Gasteiger partial charge is 0.371 e. The fraction of sp³-hybridized carbons (Fsp3) is 0.211. The SMILES string of the molecule is O=C(Nc1ccc([C@H]2CNCCO2)cc1)c1cn(-c2ccc(F)cc2)nn1. The average molecular weight is 367 g/mol. The first-order chi connectivity index (χ1) is 13.2. The Morgan fingerprint density at radius 1 is 1.19 bits per heavy atom. The fourth-order valence-corrected chi connectivity index (χ4v) is 2.84. The molecule has 1 aliphatic heterocycles. The van der Waals surface area contributed by atoms with Gasteiger partial charge in [0.1, 0.15) is 5.82 Å². The number of amides is 1. The van der Waals surface area contributed by atoms with Crippen molar-refractivity contribution in [3.63, 3.8) is 0 Å². The first kappa shape index (κ1) is 17.3. The lowest BCUT2D eigenvalue weighted by atomic mass is 10.1. The normalized spacial score (nSPS) is 16.9. The van der Waals surface area contributed by atoms with Crippen molar-refractivity contribution in [2.75, 3.05) is 25.0 Å². The second-order valence-electron chi connectivity index (χ2n) is 6.16. The van der Waals surface area contributed by atoms with Gasteiger partial charge in [-0.3, -0.25) is 4.79 Å². The van der Waals surface area contributed by atoms with Gasteiger partial charge < -0.3 is 15.4 Å². The maximum atomic E-state index is 13.0. The zero-order chi connectivity index (χ0) is 18.6. The highest BCUT2D eigenvalue weighted by Crippen LogP contribution is 2.21. The smallest absolute Gasteiger partial charge is 0.277 e. The summed E-state index contributed by atoms with van der Waals surface area (Å²) < 4.78 is 20.1. The molecule has 2 heterocycles. The molecule has 4 rings (SSSR count). The number of morpholine rings is 1. The molecule has 2 aromatic carbocycles. The van der Waals surface area contributed by atoms with Gasteiger partial charge in [-0.2, -0.15) is 0 Å². The minimum absolute atomic E-state index is 0.0270. The van der Waals surface area contributed by atoms with Crippen LogP contribution >= 0.6 is 0 Å². The number of hydrogen-bond acceptors (Lipinski definition) is 5. The van der Waals surface area contributed by atoms with Crippen LogP contribution in [0.4, 0.5) is 10.1 Å². The molecule has 27 heavy (non-hydrogen) atoms. The fourth-order valence-electron chi connectivity index (χ4n) is 2.84. The Morgan fingerprint density at radius 3 is 2.67 bits per heavy atom. The van der Waals surface area contributed by atoms with Crippen molar-refractivity contribution in [3.8, 4) is 5.69 Å². The maximum absolute atomic E-state index is 13.0. The molecular weight excluding hydrogens is 349 g/mol. The van der Waals surface area contributed by atoms with E-state index in [2.05, 4.69) is 20.9 Å². The number of carbonyl (C=O) groups excluding carboxylic acids is 1. The molecule has 1 amide bonds. The Balaban J connectivity index is 1.42. The summed E-state index contributed by atoms with van der Waals surface area (Å²) in [6.45, 7) is 2.33. The quantitative estimate of drug-likeness (QED) is 0.740. The predicted octanol–water partition coefficient (Wildman–Crippen LogP) is 2.32. The minimum atomic E-state index is -0.369. The van der Waals surface area contributed by atoms with Gasteiger partial charge in [-0.1, -0.05) is 17.3 Å². The summed E-state index contributed by atoms with van der Waals surface area (Å²) in [6.07, 6.45) is 1.53. The average Bonchev–Trinajstić information content (AvgIpc) is 3.20. The van der Waals surface area contributed by atoms with Gasteiger partial charge in [0.15, 0.2) is 5.69 Å². The molecule has 1 saturated heterocycles. The molecule has 1 aliphatic rings. The third-order valence-electron chi connectivity index (χ3n) is 4.29. The number of hydrogen-bond donors (Lipinski definition) is 2. The molecule has 1 aromatic heterocycles. The van der Waals surface area contributed by atoms with E-state index in [4.69, 9.17) is 4.74 Å². The van der Waals surface area contributed by atoms with Gasteiger partial charge >= 0.3 is 0 Å². The first-order valence-corrected chi connectivity index (χ1v) is 8.61. The molecule has 0 saturated carbocycles. The first-order valence-electron chi connectivity index (χ1n) is 8.61. The summed E-state index contributed by atoms with van der Waals surface area (Å²) in [7, 11) is 0. The zero-order valence-corrected chi connectivity index (χ0v) is 14.4. The second kappa shape index (κ2) is 7.65. The third kappa shape index (κ3) is 4.02. The molecule has 0 spiro atoms. The van der Waals surface area contributed by atoms with E-state index in [-0.39, 0.29) is 23.5 Å². The lowest BCUT2D eigenvalue weighted by molar-refractivity contribution is 0.0277. The molecule has 138 valence electrons. The molecule has 1 atom stereocenters. The van der Waals surface area contributed by atoms with Gasteiger partial charge in [0, 0.05) is 18.8 Å². The van der Waals surface area contributed by atoms with Crippen molar-refractivity contribution in [2.45, 2.75) is 6.10 Å². The molecule has 0 radical (unpaired) electrons. The second-order valence-corrected chi connectivity index (χ2v) is 6.16. The van der Waals surface area contributed by atoms with Crippen molar-refractivity contribution in [3.05, 3.63) is 71.8 Å². The van der Waals surface area contributed by atoms with E-state index in [0.29, 0.717) is 18.0 Å². The van der Waals surface area contributed by atoms with Crippen LogP contribution in [0, 0.1) is 5.82 Å². The van der Waals surface area contributed by atoms with E-state index in [1.165, 1.54) is 23.0 Å². The van der Waals surface area contributed by atoms with Crippen molar-refractivity contribution >= 4 is 11.6 Å². The van der Waals surface area contributed by atoms with Gasteiger partial charge in [0.2, 0.25) is 0 Å². The minimum Gasteiger partial charge on any atom is -0.371 e. The van der Waals surface area contributed by atoms with Crippen molar-refractivity contribution < 1.29 is 13.9 Å². The highest BCUT2D eigenvalue weighted by atomic mass is 19.1. The number of ether oxygens (including phenoxy) is 1. The Kier molecular flexibility index (Phi) is 4.91. The molecule has 1 fully saturated rings. The number of rotatable bonds is 4. The number of aromatic nitrogens is 3. The standard InChI is InChI=1S/C19H18FN5O2/c20-14-3-7-16(8-4-14)25-12-17(23-24-25)19(26)22-15-5-1-13(2-6-15)18-11-21-9-10-27-18/h1-8,12,18,21H,9-11H2,(H,22,26)/t18-/m1/s1. The monoisotopic (exact) mass is 367 g/mol. The van der Waals surface area contributed by atoms with Crippen molar-refractivity contribution in [1.82, 2.24) is 20.3 Å². The molecule has 7 nitrogen and oxygen atoms in total. The molecule has 0 bridgehead atoms. The third-order valence-corrected chi connectivity index (χ3v) is 4.29. The Bertz CT molecular complexity index is 918. The van der Waals surface area contributed by atoms with Gasteiger partial charge in [-0.25, -0.2) is 9.07 Å². The maximum Gasteiger partial charge on any atom is 0.277 e. The van der Waals surface area contributed by atoms with Crippen LogP contribution < -0.4 is 10.6 Å². The molecular formula is C19H18FN5O2. The lowest BCUT2D eigenvalue weighted by Gasteiger charge is -2.24. The van der Waals surface area contributed by atoms with Crippen LogP contribution in [0.2, 0.25) is 0 Å². The highest BCUT2D eigenvalue weighted by Gasteiger charge is 2.16. The number of carbonyl (C=O) groups is 1. The molecule has 8 heteroatoms. The number of nitrogens with one attached hydrogen (secondary N) is 2. The van der Waals surface area contributed by atoms with E-state index in [1.54, 1.807) is 12.1 Å². The van der Waals surface area contributed by atoms with Crippen molar-refractivity contribution in [1.29, 1.82) is 0 Å². The molecule has 0 unspecified atom stereocenters. The van der Waals surface area contributed by atoms with E-state index >= 15 is 0 Å². The lowest BCUT2D eigenvalue weighted by Crippen LogP contribution is -2.33. The van der Waals surface area contributed by atoms with E-state index in [0.717, 1.165) is 18.7 Å². The van der Waals surface area contributed by atoms with Crippen molar-refractivity contribution in [2.24, 2.45) is 0 Å². The van der Waals surface area contributed by atoms with E-state index < -0.39 is 0 Å². The number of nitrogens with zero attached hydrogens (tertiary/aromatic N) is 3. The van der Waals surface area contributed by atoms with Crippen LogP contribution in [-0.2, 0) is 4.74 Å². The van der Waals surface area contributed by atoms with Gasteiger partial charge in [-0.05, 0) is 42.0 Å². The Hall–Kier alpha value is -3.10. The summed E-state index contributed by atoms with van der Waals surface area (Å²) in [5.74, 6) is -0.707. The number of halogens is 1. The van der Waals surface area contributed by atoms with Gasteiger partial charge in [0.25, 0.3) is 5.91 Å². The Morgan fingerprint density at radius 2 is 1.96 bits per heavy atom. The number of anilines is 1. The predicted molar refractivity (Wildman–Crippen MR) is 97.3 cm³/mol. The summed E-state index contributed by atoms with van der Waals surface area (Å²) >= 11 is 0. The van der Waals surface area contributed by atoms with Crippen LogP contribution in [0.25, 0.3) is 5.69 Å². The van der Waals surface area contributed by atoms with E-state index in [9.17, 15) is 9.18 Å². The summed E-state index contributed by atoms with van der Waals surface area (Å²) in [5.41, 5.74) is 2.50. The van der Waals surface area contributed by atoms with E-state index in [1.807, 2.05) is 24.3 Å². The van der Waals surface area contributed by atoms with Gasteiger partial charge in [0.05, 0.1) is 24.6 Å².